The van der Waals surface area contributed by atoms with E-state index in [1.54, 1.807) is 41.5 Å². The number of carboxylic acids is 1. The Labute approximate surface area is 132 Å². The van der Waals surface area contributed by atoms with Crippen LogP contribution in [0.5, 0.6) is 0 Å². The first kappa shape index (κ1) is 20.2. The SMILES string of the molecule is CC(C(=O)NC(C(=O)O)C(C)(C)C)N(C)C(=O)OC(C)(C)C. The summed E-state index contributed by atoms with van der Waals surface area (Å²) in [6.45, 7) is 11.8. The molecule has 0 radical (unpaired) electrons. The molecule has 0 aromatic carbocycles. The second-order valence-corrected chi connectivity index (χ2v) is 7.41. The van der Waals surface area contributed by atoms with Crippen LogP contribution in [0.15, 0.2) is 0 Å². The molecule has 0 heterocycles. The van der Waals surface area contributed by atoms with Crippen molar-refractivity contribution >= 4 is 18.0 Å². The molecule has 0 fully saturated rings. The maximum atomic E-state index is 12.2. The molecule has 7 heteroatoms. The van der Waals surface area contributed by atoms with Crippen LogP contribution in [0.25, 0.3) is 0 Å². The number of ether oxygens (including phenoxy) is 1. The highest BCUT2D eigenvalue weighted by Crippen LogP contribution is 2.20. The molecule has 0 saturated carbocycles. The van der Waals surface area contributed by atoms with Gasteiger partial charge in [-0.15, -0.1) is 0 Å². The number of carboxylic acid groups (broad SMARTS) is 1. The number of nitrogens with zero attached hydrogens (tertiary/aromatic N) is 1. The highest BCUT2D eigenvalue weighted by Gasteiger charge is 2.35. The topological polar surface area (TPSA) is 95.9 Å². The van der Waals surface area contributed by atoms with Crippen LogP contribution < -0.4 is 5.32 Å². The van der Waals surface area contributed by atoms with Crippen molar-refractivity contribution in [3.63, 3.8) is 0 Å². The second-order valence-electron chi connectivity index (χ2n) is 7.41. The molecule has 22 heavy (non-hydrogen) atoms. The lowest BCUT2D eigenvalue weighted by atomic mass is 9.86. The van der Waals surface area contributed by atoms with Gasteiger partial charge in [-0.05, 0) is 33.1 Å². The fourth-order valence-corrected chi connectivity index (χ4v) is 1.58. The van der Waals surface area contributed by atoms with Crippen LogP contribution in [-0.4, -0.2) is 52.7 Å². The third kappa shape index (κ3) is 6.32. The van der Waals surface area contributed by atoms with Crippen molar-refractivity contribution in [1.29, 1.82) is 0 Å². The molecule has 0 rings (SSSR count). The van der Waals surface area contributed by atoms with E-state index >= 15 is 0 Å². The molecule has 0 saturated heterocycles. The number of hydrogen-bond donors (Lipinski definition) is 2. The van der Waals surface area contributed by atoms with E-state index in [-0.39, 0.29) is 0 Å². The summed E-state index contributed by atoms with van der Waals surface area (Å²) in [6.07, 6.45) is -0.641. The van der Waals surface area contributed by atoms with Crippen molar-refractivity contribution in [2.75, 3.05) is 7.05 Å². The van der Waals surface area contributed by atoms with E-state index in [2.05, 4.69) is 5.32 Å². The minimum absolute atomic E-state index is 0.546. The van der Waals surface area contributed by atoms with E-state index < -0.39 is 41.1 Å². The number of likely N-dealkylation sites (N-methyl/N-ethyl adjacent to an activating group) is 1. The van der Waals surface area contributed by atoms with E-state index in [1.165, 1.54) is 14.0 Å². The van der Waals surface area contributed by atoms with Gasteiger partial charge < -0.3 is 15.2 Å². The van der Waals surface area contributed by atoms with Gasteiger partial charge in [0.1, 0.15) is 17.7 Å². The molecule has 2 N–H and O–H groups in total. The standard InChI is InChI=1S/C15H28N2O5/c1-9(17(8)13(21)22-15(5,6)7)11(18)16-10(12(19)20)14(2,3)4/h9-10H,1-8H3,(H,16,18)(H,19,20). The van der Waals surface area contributed by atoms with E-state index in [0.717, 1.165) is 4.90 Å². The Balaban J connectivity index is 4.92. The third-order valence-corrected chi connectivity index (χ3v) is 3.04. The normalized spacial score (nSPS) is 14.7. The molecule has 0 aliphatic rings. The zero-order valence-corrected chi connectivity index (χ0v) is 14.7. The fourth-order valence-electron chi connectivity index (χ4n) is 1.58. The lowest BCUT2D eigenvalue weighted by Crippen LogP contribution is -2.55. The maximum Gasteiger partial charge on any atom is 0.410 e. The molecule has 0 aliphatic carbocycles. The summed E-state index contributed by atoms with van der Waals surface area (Å²) < 4.78 is 5.18. The molecular weight excluding hydrogens is 288 g/mol. The van der Waals surface area contributed by atoms with Crippen molar-refractivity contribution in [1.82, 2.24) is 10.2 Å². The number of aliphatic carboxylic acids is 1. The van der Waals surface area contributed by atoms with Crippen LogP contribution in [-0.2, 0) is 14.3 Å². The lowest BCUT2D eigenvalue weighted by molar-refractivity contribution is -0.145. The average Bonchev–Trinajstić information content (AvgIpc) is 2.29. The van der Waals surface area contributed by atoms with Crippen LogP contribution in [0.1, 0.15) is 48.5 Å². The van der Waals surface area contributed by atoms with Crippen molar-refractivity contribution < 1.29 is 24.2 Å². The van der Waals surface area contributed by atoms with Crippen molar-refractivity contribution in [2.24, 2.45) is 5.41 Å². The maximum absolute atomic E-state index is 12.2. The first-order valence-electron chi connectivity index (χ1n) is 7.16. The number of hydrogen-bond acceptors (Lipinski definition) is 4. The summed E-state index contributed by atoms with van der Waals surface area (Å²) in [5.74, 6) is -1.66. The first-order chi connectivity index (χ1) is 9.66. The number of rotatable bonds is 4. The first-order valence-corrected chi connectivity index (χ1v) is 7.16. The molecule has 0 aromatic heterocycles. The van der Waals surface area contributed by atoms with Gasteiger partial charge in [-0.2, -0.15) is 0 Å². The lowest BCUT2D eigenvalue weighted by Gasteiger charge is -2.31. The smallest absolute Gasteiger partial charge is 0.410 e. The largest absolute Gasteiger partial charge is 0.480 e. The number of carbonyl (C=O) groups is 3. The van der Waals surface area contributed by atoms with Gasteiger partial charge in [0, 0.05) is 7.05 Å². The molecule has 7 nitrogen and oxygen atoms in total. The predicted molar refractivity (Wildman–Crippen MR) is 82.5 cm³/mol. The summed E-state index contributed by atoms with van der Waals surface area (Å²) >= 11 is 0. The van der Waals surface area contributed by atoms with Gasteiger partial charge in [0.2, 0.25) is 5.91 Å². The summed E-state index contributed by atoms with van der Waals surface area (Å²) in [6, 6.07) is -1.89. The van der Waals surface area contributed by atoms with Crippen LogP contribution in [0, 0.1) is 5.41 Å². The van der Waals surface area contributed by atoms with E-state index in [0.29, 0.717) is 0 Å². The molecule has 2 atom stereocenters. The Morgan fingerprint density at radius 3 is 1.86 bits per heavy atom. The van der Waals surface area contributed by atoms with Gasteiger partial charge in [-0.25, -0.2) is 9.59 Å². The number of nitrogens with one attached hydrogen (secondary N) is 1. The monoisotopic (exact) mass is 316 g/mol. The van der Waals surface area contributed by atoms with Crippen LogP contribution >= 0.6 is 0 Å². The van der Waals surface area contributed by atoms with Crippen molar-refractivity contribution in [3.8, 4) is 0 Å². The van der Waals surface area contributed by atoms with Crippen LogP contribution in [0.4, 0.5) is 4.79 Å². The molecule has 0 bridgehead atoms. The van der Waals surface area contributed by atoms with Gasteiger partial charge in [-0.1, -0.05) is 20.8 Å². The van der Waals surface area contributed by atoms with Gasteiger partial charge in [0.15, 0.2) is 0 Å². The Morgan fingerprint density at radius 1 is 1.09 bits per heavy atom. The minimum Gasteiger partial charge on any atom is -0.480 e. The van der Waals surface area contributed by atoms with Gasteiger partial charge in [0.05, 0.1) is 0 Å². The molecule has 128 valence electrons. The Hall–Kier alpha value is -1.79. The highest BCUT2D eigenvalue weighted by molar-refractivity contribution is 5.89. The molecule has 2 unspecified atom stereocenters. The van der Waals surface area contributed by atoms with Crippen molar-refractivity contribution in [2.45, 2.75) is 66.2 Å². The Bertz CT molecular complexity index is 434. The molecule has 0 aliphatic heterocycles. The third-order valence-electron chi connectivity index (χ3n) is 3.04. The second kappa shape index (κ2) is 6.98. The van der Waals surface area contributed by atoms with Gasteiger partial charge in [-0.3, -0.25) is 9.69 Å². The minimum atomic E-state index is -1.12. The Morgan fingerprint density at radius 2 is 1.55 bits per heavy atom. The van der Waals surface area contributed by atoms with E-state index in [9.17, 15) is 19.5 Å². The predicted octanol–water partition coefficient (Wildman–Crippen LogP) is 1.86. The summed E-state index contributed by atoms with van der Waals surface area (Å²) in [4.78, 5) is 36.5. The molecule has 2 amide bonds. The summed E-state index contributed by atoms with van der Waals surface area (Å²) in [5, 5.41) is 11.7. The summed E-state index contributed by atoms with van der Waals surface area (Å²) in [5.41, 5.74) is -1.32. The number of amides is 2. The quantitative estimate of drug-likeness (QED) is 0.825. The fraction of sp³-hybridized carbons (Fsp3) is 0.800. The van der Waals surface area contributed by atoms with Crippen LogP contribution in [0.2, 0.25) is 0 Å². The molecule has 0 aromatic rings. The van der Waals surface area contributed by atoms with E-state index in [1.807, 2.05) is 0 Å². The zero-order valence-electron chi connectivity index (χ0n) is 14.7. The molecular formula is C15H28N2O5. The van der Waals surface area contributed by atoms with Crippen molar-refractivity contribution in [3.05, 3.63) is 0 Å². The van der Waals surface area contributed by atoms with Gasteiger partial charge >= 0.3 is 12.1 Å². The molecule has 0 spiro atoms. The summed E-state index contributed by atoms with van der Waals surface area (Å²) in [7, 11) is 1.44. The Kier molecular flexibility index (Phi) is 6.41. The van der Waals surface area contributed by atoms with Crippen LogP contribution in [0.3, 0.4) is 0 Å². The highest BCUT2D eigenvalue weighted by atomic mass is 16.6. The van der Waals surface area contributed by atoms with E-state index in [4.69, 9.17) is 4.74 Å². The zero-order chi connectivity index (χ0) is 17.9. The van der Waals surface area contributed by atoms with Gasteiger partial charge in [0.25, 0.3) is 0 Å². The number of carbonyl (C=O) groups excluding carboxylic acids is 2. The average molecular weight is 316 g/mol.